The number of morpholine rings is 1. The van der Waals surface area contributed by atoms with Gasteiger partial charge in [0.05, 0.1) is 37.9 Å². The number of carbonyl (C=O) groups is 1. The first-order chi connectivity index (χ1) is 16.9. The number of β-amino-alcohol motifs (C(OH)–C–C–N with tert-alkyl or cyclic N) is 1. The minimum absolute atomic E-state index is 0.267. The molecule has 2 aromatic heterocycles. The van der Waals surface area contributed by atoms with Crippen LogP contribution in [-0.2, 0) is 22.6 Å². The maximum Gasteiger partial charge on any atom is 0.348 e. The third-order valence-electron chi connectivity index (χ3n) is 5.97. The Morgan fingerprint density at radius 1 is 1.29 bits per heavy atom. The lowest BCUT2D eigenvalue weighted by Crippen LogP contribution is -2.44. The van der Waals surface area contributed by atoms with Crippen LogP contribution in [0.3, 0.4) is 0 Å². The number of aromatic nitrogens is 2. The van der Waals surface area contributed by atoms with E-state index in [1.54, 1.807) is 13.8 Å². The Morgan fingerprint density at radius 3 is 2.74 bits per heavy atom. The maximum absolute atomic E-state index is 12.9. The molecule has 1 aliphatic heterocycles. The number of aliphatic hydroxyl groups is 1. The molecule has 3 heterocycles. The van der Waals surface area contributed by atoms with Crippen molar-refractivity contribution in [2.75, 3.05) is 46.0 Å². The van der Waals surface area contributed by atoms with Gasteiger partial charge in [-0.3, -0.25) is 14.6 Å². The van der Waals surface area contributed by atoms with Crippen LogP contribution in [0.5, 0.6) is 0 Å². The molecule has 4 rings (SSSR count). The summed E-state index contributed by atoms with van der Waals surface area (Å²) in [4.78, 5) is 38.0. The molecule has 9 nitrogen and oxygen atoms in total. The molecule has 1 aliphatic rings. The summed E-state index contributed by atoms with van der Waals surface area (Å²) >= 11 is 1.18. The van der Waals surface area contributed by atoms with Crippen LogP contribution in [0.4, 0.5) is 0 Å². The number of hydrogen-bond acceptors (Lipinski definition) is 9. The molecule has 0 bridgehead atoms. The third-order valence-corrected chi connectivity index (χ3v) is 7.14. The lowest BCUT2D eigenvalue weighted by Gasteiger charge is -2.31. The number of carbonyl (C=O) groups excluding carboxylic acids is 1. The van der Waals surface area contributed by atoms with Crippen molar-refractivity contribution in [1.82, 2.24) is 19.8 Å². The third kappa shape index (κ3) is 6.53. The topological polar surface area (TPSA) is 108 Å². The normalized spacial score (nSPS) is 15.5. The molecule has 0 spiro atoms. The van der Waals surface area contributed by atoms with Crippen molar-refractivity contribution in [3.8, 4) is 0 Å². The Labute approximate surface area is 208 Å². The first-order valence-corrected chi connectivity index (χ1v) is 12.7. The Balaban J connectivity index is 1.55. The molecular weight excluding hydrogens is 468 g/mol. The van der Waals surface area contributed by atoms with E-state index >= 15 is 0 Å². The number of ether oxygens (including phenoxy) is 2. The second kappa shape index (κ2) is 11.9. The van der Waals surface area contributed by atoms with Gasteiger partial charge in [-0.15, -0.1) is 11.3 Å². The molecule has 1 fully saturated rings. The summed E-state index contributed by atoms with van der Waals surface area (Å²) in [7, 11) is 0. The number of aryl methyl sites for hydroxylation is 1. The predicted octanol–water partition coefficient (Wildman–Crippen LogP) is 2.17. The van der Waals surface area contributed by atoms with Gasteiger partial charge in [-0.1, -0.05) is 30.3 Å². The molecule has 1 atom stereocenters. The molecule has 10 heteroatoms. The number of nitrogens with one attached hydrogen (secondary N) is 1. The highest BCUT2D eigenvalue weighted by Crippen LogP contribution is 2.27. The smallest absolute Gasteiger partial charge is 0.348 e. The van der Waals surface area contributed by atoms with E-state index in [1.165, 1.54) is 11.3 Å². The van der Waals surface area contributed by atoms with E-state index in [2.05, 4.69) is 19.8 Å². The molecular formula is C25H32N4O5S. The lowest BCUT2D eigenvalue weighted by atomic mass is 10.2. The monoisotopic (exact) mass is 500 g/mol. The molecule has 0 radical (unpaired) electrons. The van der Waals surface area contributed by atoms with Gasteiger partial charge in [0.15, 0.2) is 0 Å². The SMILES string of the molecule is CCOC(=O)c1sc2nc(CN(Cc3ccccc3)CC(O)CN3CCOCC3)[nH]c(=O)c2c1C. The van der Waals surface area contributed by atoms with Gasteiger partial charge < -0.3 is 19.6 Å². The first-order valence-electron chi connectivity index (χ1n) is 11.9. The van der Waals surface area contributed by atoms with Crippen LogP contribution in [0, 0.1) is 6.92 Å². The molecule has 3 aromatic rings. The van der Waals surface area contributed by atoms with Gasteiger partial charge in [-0.2, -0.15) is 0 Å². The van der Waals surface area contributed by atoms with Gasteiger partial charge in [0, 0.05) is 32.7 Å². The van der Waals surface area contributed by atoms with Gasteiger partial charge >= 0.3 is 5.97 Å². The number of aromatic amines is 1. The van der Waals surface area contributed by atoms with Crippen molar-refractivity contribution in [3.63, 3.8) is 0 Å². The molecule has 0 saturated carbocycles. The number of esters is 1. The van der Waals surface area contributed by atoms with Crippen molar-refractivity contribution in [1.29, 1.82) is 0 Å². The fourth-order valence-corrected chi connectivity index (χ4v) is 5.43. The Morgan fingerprint density at radius 2 is 2.03 bits per heavy atom. The highest BCUT2D eigenvalue weighted by atomic mass is 32.1. The summed E-state index contributed by atoms with van der Waals surface area (Å²) in [6, 6.07) is 10.0. The van der Waals surface area contributed by atoms with Crippen molar-refractivity contribution >= 4 is 27.5 Å². The maximum atomic E-state index is 12.9. The summed E-state index contributed by atoms with van der Waals surface area (Å²) in [6.45, 7) is 8.66. The van der Waals surface area contributed by atoms with Crippen molar-refractivity contribution in [2.45, 2.75) is 33.0 Å². The summed E-state index contributed by atoms with van der Waals surface area (Å²) in [6.07, 6.45) is -0.563. The van der Waals surface area contributed by atoms with Gasteiger partial charge in [-0.25, -0.2) is 9.78 Å². The molecule has 1 aromatic carbocycles. The molecule has 1 unspecified atom stereocenters. The van der Waals surface area contributed by atoms with Crippen LogP contribution >= 0.6 is 11.3 Å². The van der Waals surface area contributed by atoms with Gasteiger partial charge in [0.25, 0.3) is 5.56 Å². The zero-order valence-corrected chi connectivity index (χ0v) is 21.0. The fourth-order valence-electron chi connectivity index (χ4n) is 4.33. The first kappa shape index (κ1) is 25.5. The van der Waals surface area contributed by atoms with Crippen LogP contribution in [0.25, 0.3) is 10.2 Å². The Kier molecular flexibility index (Phi) is 8.64. The number of aliphatic hydroxyl groups excluding tert-OH is 1. The largest absolute Gasteiger partial charge is 0.462 e. The second-order valence-electron chi connectivity index (χ2n) is 8.69. The van der Waals surface area contributed by atoms with E-state index in [0.717, 1.165) is 18.7 Å². The molecule has 1 saturated heterocycles. The van der Waals surface area contributed by atoms with Gasteiger partial charge in [-0.05, 0) is 25.0 Å². The average Bonchev–Trinajstić information content (AvgIpc) is 3.17. The highest BCUT2D eigenvalue weighted by Gasteiger charge is 2.22. The van der Waals surface area contributed by atoms with E-state index < -0.39 is 12.1 Å². The van der Waals surface area contributed by atoms with Crippen LogP contribution in [0.2, 0.25) is 0 Å². The van der Waals surface area contributed by atoms with Gasteiger partial charge in [0.2, 0.25) is 0 Å². The summed E-state index contributed by atoms with van der Waals surface area (Å²) in [5, 5.41) is 11.3. The van der Waals surface area contributed by atoms with E-state index in [0.29, 0.717) is 65.9 Å². The summed E-state index contributed by atoms with van der Waals surface area (Å²) in [5.74, 6) is 0.0551. The molecule has 0 amide bonds. The molecule has 0 aliphatic carbocycles. The van der Waals surface area contributed by atoms with E-state index in [-0.39, 0.29) is 12.2 Å². The number of nitrogens with zero attached hydrogens (tertiary/aromatic N) is 3. The number of rotatable bonds is 10. The summed E-state index contributed by atoms with van der Waals surface area (Å²) in [5.41, 5.74) is 1.42. The second-order valence-corrected chi connectivity index (χ2v) is 9.69. The quantitative estimate of drug-likeness (QED) is 0.408. The molecule has 188 valence electrons. The van der Waals surface area contributed by atoms with E-state index in [9.17, 15) is 14.7 Å². The number of fused-ring (bicyclic) bond motifs is 1. The van der Waals surface area contributed by atoms with Crippen LogP contribution in [0.15, 0.2) is 35.1 Å². The molecule has 35 heavy (non-hydrogen) atoms. The predicted molar refractivity (Wildman–Crippen MR) is 135 cm³/mol. The average molecular weight is 501 g/mol. The lowest BCUT2D eigenvalue weighted by molar-refractivity contribution is 0.00537. The zero-order chi connectivity index (χ0) is 24.8. The van der Waals surface area contributed by atoms with Crippen molar-refractivity contribution in [2.24, 2.45) is 0 Å². The van der Waals surface area contributed by atoms with E-state index in [1.807, 2.05) is 30.3 Å². The number of thiophene rings is 1. The van der Waals surface area contributed by atoms with Crippen molar-refractivity contribution < 1.29 is 19.4 Å². The minimum Gasteiger partial charge on any atom is -0.462 e. The number of H-pyrrole nitrogens is 1. The fraction of sp³-hybridized carbons (Fsp3) is 0.480. The number of hydrogen-bond donors (Lipinski definition) is 2. The zero-order valence-electron chi connectivity index (χ0n) is 20.2. The standard InChI is InChI=1S/C25H32N4O5S/c1-3-34-25(32)22-17(2)21-23(31)26-20(27-24(21)35-22)16-29(13-18-7-5-4-6-8-18)15-19(30)14-28-9-11-33-12-10-28/h4-8,19,30H,3,9-16H2,1-2H3,(H,26,27,31). The van der Waals surface area contributed by atoms with Gasteiger partial charge in [0.1, 0.15) is 15.5 Å². The van der Waals surface area contributed by atoms with Crippen molar-refractivity contribution in [3.05, 3.63) is 62.5 Å². The minimum atomic E-state index is -0.563. The highest BCUT2D eigenvalue weighted by molar-refractivity contribution is 7.20. The van der Waals surface area contributed by atoms with Crippen LogP contribution in [0.1, 0.15) is 33.5 Å². The van der Waals surface area contributed by atoms with E-state index in [4.69, 9.17) is 9.47 Å². The van der Waals surface area contributed by atoms with Crippen LogP contribution in [-0.4, -0.2) is 82.9 Å². The molecule has 2 N–H and O–H groups in total. The van der Waals surface area contributed by atoms with Crippen LogP contribution < -0.4 is 5.56 Å². The summed E-state index contributed by atoms with van der Waals surface area (Å²) < 4.78 is 10.5. The number of benzene rings is 1. The Hall–Kier alpha value is -2.63. The Bertz CT molecular complexity index is 1190.